The number of rotatable bonds is 1. The minimum Gasteiger partial charge on any atom is -0.398 e. The summed E-state index contributed by atoms with van der Waals surface area (Å²) >= 11 is 0. The highest BCUT2D eigenvalue weighted by atomic mass is 14.8. The van der Waals surface area contributed by atoms with Crippen molar-refractivity contribution in [2.45, 2.75) is 38.5 Å². The van der Waals surface area contributed by atoms with Crippen molar-refractivity contribution >= 4 is 5.69 Å². The lowest BCUT2D eigenvalue weighted by Crippen LogP contribution is -2.16. The van der Waals surface area contributed by atoms with Gasteiger partial charge >= 0.3 is 0 Å². The normalized spacial score (nSPS) is 42.3. The maximum absolute atomic E-state index is 6.20. The van der Waals surface area contributed by atoms with Crippen LogP contribution in [0.4, 0.5) is 5.69 Å². The Morgan fingerprint density at radius 3 is 2.88 bits per heavy atom. The fourth-order valence-corrected chi connectivity index (χ4v) is 5.34. The third-order valence-electron chi connectivity index (χ3n) is 5.70. The van der Waals surface area contributed by atoms with Gasteiger partial charge in [-0.15, -0.1) is 0 Å². The molecular formula is C15H19N. The SMILES string of the molecule is CC(C)C12C3CCC1C2c1cccc(N)c13. The molecule has 2 saturated carbocycles. The van der Waals surface area contributed by atoms with Crippen molar-refractivity contribution in [3.8, 4) is 0 Å². The van der Waals surface area contributed by atoms with Crippen LogP contribution in [-0.2, 0) is 0 Å². The lowest BCUT2D eigenvalue weighted by Gasteiger charge is -2.24. The molecule has 16 heavy (non-hydrogen) atoms. The second-order valence-corrected chi connectivity index (χ2v) is 6.22. The molecule has 0 amide bonds. The molecule has 2 fully saturated rings. The first-order valence-corrected chi connectivity index (χ1v) is 6.57. The van der Waals surface area contributed by atoms with Gasteiger partial charge in [0, 0.05) is 5.69 Å². The molecule has 0 bridgehead atoms. The molecule has 0 aliphatic heterocycles. The second kappa shape index (κ2) is 2.47. The van der Waals surface area contributed by atoms with Crippen molar-refractivity contribution in [3.63, 3.8) is 0 Å². The van der Waals surface area contributed by atoms with E-state index in [1.54, 1.807) is 5.56 Å². The number of nitrogens with two attached hydrogens (primary N) is 1. The standard InChI is InChI=1S/C15H19N/c1-8(2)15-10-6-7-11(15)14(15)9-4-3-5-12(16)13(9)10/h3-5,8,10-11,14H,6-7,16H2,1-2H3. The zero-order valence-electron chi connectivity index (χ0n) is 10.0. The van der Waals surface area contributed by atoms with Gasteiger partial charge in [0.25, 0.3) is 0 Å². The number of hydrogen-bond acceptors (Lipinski definition) is 1. The van der Waals surface area contributed by atoms with Gasteiger partial charge < -0.3 is 5.73 Å². The van der Waals surface area contributed by atoms with Crippen molar-refractivity contribution in [3.05, 3.63) is 29.3 Å². The average molecular weight is 213 g/mol. The topological polar surface area (TPSA) is 26.0 Å². The van der Waals surface area contributed by atoms with Crippen LogP contribution >= 0.6 is 0 Å². The highest BCUT2D eigenvalue weighted by Gasteiger charge is 2.76. The lowest BCUT2D eigenvalue weighted by molar-refractivity contribution is 0.308. The summed E-state index contributed by atoms with van der Waals surface area (Å²) in [5.74, 6) is 3.41. The smallest absolute Gasteiger partial charge is 0.0352 e. The highest BCUT2D eigenvalue weighted by Crippen LogP contribution is 2.85. The summed E-state index contributed by atoms with van der Waals surface area (Å²) < 4.78 is 0. The van der Waals surface area contributed by atoms with Gasteiger partial charge in [0.1, 0.15) is 0 Å². The van der Waals surface area contributed by atoms with E-state index in [2.05, 4.69) is 32.0 Å². The maximum atomic E-state index is 6.20. The minimum atomic E-state index is 0.609. The third kappa shape index (κ3) is 0.695. The van der Waals surface area contributed by atoms with Crippen molar-refractivity contribution in [2.24, 2.45) is 17.3 Å². The van der Waals surface area contributed by atoms with Gasteiger partial charge in [-0.05, 0) is 59.1 Å². The van der Waals surface area contributed by atoms with Crippen LogP contribution in [-0.4, -0.2) is 0 Å². The molecule has 1 aromatic rings. The third-order valence-corrected chi connectivity index (χ3v) is 5.70. The Kier molecular flexibility index (Phi) is 1.40. The molecule has 3 aliphatic carbocycles. The quantitative estimate of drug-likeness (QED) is 0.710. The average Bonchev–Trinajstić information content (AvgIpc) is 2.69. The van der Waals surface area contributed by atoms with Crippen LogP contribution in [0.15, 0.2) is 18.2 Å². The van der Waals surface area contributed by atoms with E-state index < -0.39 is 0 Å². The predicted molar refractivity (Wildman–Crippen MR) is 66.3 cm³/mol. The second-order valence-electron chi connectivity index (χ2n) is 6.22. The summed E-state index contributed by atoms with van der Waals surface area (Å²) in [6.07, 6.45) is 2.81. The molecule has 0 saturated heterocycles. The molecule has 4 unspecified atom stereocenters. The molecule has 0 aromatic heterocycles. The molecule has 0 heterocycles. The zero-order chi connectivity index (χ0) is 11.1. The monoisotopic (exact) mass is 213 g/mol. The molecule has 3 aliphatic rings. The Morgan fingerprint density at radius 1 is 1.31 bits per heavy atom. The van der Waals surface area contributed by atoms with Crippen LogP contribution in [0.1, 0.15) is 49.7 Å². The molecule has 2 N–H and O–H groups in total. The fraction of sp³-hybridized carbons (Fsp3) is 0.600. The maximum Gasteiger partial charge on any atom is 0.0352 e. The van der Waals surface area contributed by atoms with Crippen molar-refractivity contribution < 1.29 is 0 Å². The molecule has 84 valence electrons. The van der Waals surface area contributed by atoms with E-state index in [1.807, 2.05) is 0 Å². The van der Waals surface area contributed by atoms with E-state index in [0.717, 1.165) is 29.4 Å². The fourth-order valence-electron chi connectivity index (χ4n) is 5.34. The van der Waals surface area contributed by atoms with Gasteiger partial charge in [-0.1, -0.05) is 26.0 Å². The van der Waals surface area contributed by atoms with Crippen molar-refractivity contribution in [2.75, 3.05) is 5.73 Å². The largest absolute Gasteiger partial charge is 0.398 e. The van der Waals surface area contributed by atoms with E-state index >= 15 is 0 Å². The van der Waals surface area contributed by atoms with Crippen molar-refractivity contribution in [1.29, 1.82) is 0 Å². The zero-order valence-corrected chi connectivity index (χ0v) is 10.0. The number of benzene rings is 1. The number of hydrogen-bond donors (Lipinski definition) is 1. The molecule has 1 heteroatoms. The van der Waals surface area contributed by atoms with Crippen LogP contribution in [0, 0.1) is 17.3 Å². The van der Waals surface area contributed by atoms with E-state index in [9.17, 15) is 0 Å². The van der Waals surface area contributed by atoms with Gasteiger partial charge in [-0.2, -0.15) is 0 Å². The summed E-state index contributed by atoms with van der Waals surface area (Å²) in [6.45, 7) is 4.82. The van der Waals surface area contributed by atoms with E-state index in [4.69, 9.17) is 5.73 Å². The van der Waals surface area contributed by atoms with Gasteiger partial charge in [0.05, 0.1) is 0 Å². The van der Waals surface area contributed by atoms with Gasteiger partial charge in [-0.25, -0.2) is 0 Å². The first-order valence-electron chi connectivity index (χ1n) is 6.57. The summed E-state index contributed by atoms with van der Waals surface area (Å²) in [5.41, 5.74) is 11.0. The summed E-state index contributed by atoms with van der Waals surface area (Å²) in [5, 5.41) is 0. The van der Waals surface area contributed by atoms with Gasteiger partial charge in [0.2, 0.25) is 0 Å². The van der Waals surface area contributed by atoms with Crippen LogP contribution in [0.5, 0.6) is 0 Å². The summed E-state index contributed by atoms with van der Waals surface area (Å²) in [6, 6.07) is 6.56. The molecule has 1 nitrogen and oxygen atoms in total. The minimum absolute atomic E-state index is 0.609. The van der Waals surface area contributed by atoms with Crippen LogP contribution in [0.3, 0.4) is 0 Å². The highest BCUT2D eigenvalue weighted by molar-refractivity contribution is 5.64. The molecule has 0 spiro atoms. The summed E-state index contributed by atoms with van der Waals surface area (Å²) in [4.78, 5) is 0. The Morgan fingerprint density at radius 2 is 2.12 bits per heavy atom. The van der Waals surface area contributed by atoms with E-state index in [-0.39, 0.29) is 0 Å². The van der Waals surface area contributed by atoms with Crippen LogP contribution in [0.2, 0.25) is 0 Å². The number of fused-ring (bicyclic) bond motifs is 4. The first kappa shape index (κ1) is 9.09. The van der Waals surface area contributed by atoms with E-state index in [0.29, 0.717) is 5.41 Å². The van der Waals surface area contributed by atoms with Gasteiger partial charge in [-0.3, -0.25) is 0 Å². The molecule has 4 atom stereocenters. The van der Waals surface area contributed by atoms with Crippen molar-refractivity contribution in [1.82, 2.24) is 0 Å². The number of anilines is 1. The Bertz CT molecular complexity index is 476. The molecular weight excluding hydrogens is 194 g/mol. The summed E-state index contributed by atoms with van der Waals surface area (Å²) in [7, 11) is 0. The Balaban J connectivity index is 1.96. The lowest BCUT2D eigenvalue weighted by atomic mass is 9.80. The van der Waals surface area contributed by atoms with Gasteiger partial charge in [0.15, 0.2) is 0 Å². The van der Waals surface area contributed by atoms with Crippen LogP contribution in [0.25, 0.3) is 0 Å². The molecule has 0 radical (unpaired) electrons. The Hall–Kier alpha value is -0.980. The number of nitrogen functional groups attached to an aromatic ring is 1. The Labute approximate surface area is 97.0 Å². The van der Waals surface area contributed by atoms with E-state index in [1.165, 1.54) is 18.4 Å². The van der Waals surface area contributed by atoms with Crippen LogP contribution < -0.4 is 5.73 Å². The first-order chi connectivity index (χ1) is 7.69. The predicted octanol–water partition coefficient (Wildman–Crippen LogP) is 3.52. The molecule has 1 aromatic carbocycles. The molecule has 4 rings (SSSR count).